The number of carboxylic acids is 1. The number of carboxylic acid groups (broad SMARTS) is 1. The van der Waals surface area contributed by atoms with Crippen molar-refractivity contribution in [3.05, 3.63) is 35.1 Å². The monoisotopic (exact) mass is 533 g/mol. The first-order chi connectivity index (χ1) is 17.4. The number of phenols is 1. The SMILES string of the molecule is C.CC(=O)O[C@H](C(=O)O)[C@H](OC(C)=O)C(=O)OC1=CC[C@@]2(O)[C@H]3Cc4ccc(O)c5c4[C@@]2(CCN3C)[C@H]1O5. The molecule has 2 heterocycles. The minimum atomic E-state index is -2.15. The van der Waals surface area contributed by atoms with E-state index in [1.165, 1.54) is 12.1 Å². The summed E-state index contributed by atoms with van der Waals surface area (Å²) in [5.41, 5.74) is -0.771. The fourth-order valence-electron chi connectivity index (χ4n) is 6.44. The number of aromatic hydroxyl groups is 1. The third-order valence-corrected chi connectivity index (χ3v) is 7.91. The van der Waals surface area contributed by atoms with Crippen LogP contribution in [0.1, 0.15) is 45.2 Å². The summed E-state index contributed by atoms with van der Waals surface area (Å²) in [6.45, 7) is 2.52. The number of piperidine rings is 1. The summed E-state index contributed by atoms with van der Waals surface area (Å²) in [5.74, 6) is -4.94. The first-order valence-corrected chi connectivity index (χ1v) is 11.8. The molecule has 0 radical (unpaired) electrons. The van der Waals surface area contributed by atoms with Crippen LogP contribution in [0.4, 0.5) is 0 Å². The summed E-state index contributed by atoms with van der Waals surface area (Å²) in [5, 5.41) is 32.2. The number of carbonyl (C=O) groups is 4. The Kier molecular flexibility index (Phi) is 6.69. The summed E-state index contributed by atoms with van der Waals surface area (Å²) < 4.78 is 21.4. The van der Waals surface area contributed by atoms with Gasteiger partial charge in [0.05, 0.1) is 11.0 Å². The molecule has 4 aliphatic rings. The minimum absolute atomic E-state index is 0. The van der Waals surface area contributed by atoms with Crippen molar-refractivity contribution in [1.29, 1.82) is 0 Å². The molecule has 5 rings (SSSR count). The number of hydrogen-bond donors (Lipinski definition) is 3. The van der Waals surface area contributed by atoms with E-state index >= 15 is 0 Å². The van der Waals surface area contributed by atoms with Crippen LogP contribution in [-0.4, -0.2) is 87.6 Å². The maximum atomic E-state index is 13.2. The molecule has 1 fully saturated rings. The van der Waals surface area contributed by atoms with Crippen molar-refractivity contribution in [3.63, 3.8) is 0 Å². The van der Waals surface area contributed by atoms with Gasteiger partial charge in [0.15, 0.2) is 17.6 Å². The van der Waals surface area contributed by atoms with Gasteiger partial charge in [-0.15, -0.1) is 0 Å². The number of hydrogen-bond acceptors (Lipinski definition) is 11. The Bertz CT molecular complexity index is 1240. The van der Waals surface area contributed by atoms with E-state index in [-0.39, 0.29) is 37.1 Å². The van der Waals surface area contributed by atoms with Crippen LogP contribution in [0.25, 0.3) is 0 Å². The fourth-order valence-corrected chi connectivity index (χ4v) is 6.44. The molecule has 206 valence electrons. The van der Waals surface area contributed by atoms with Crippen molar-refractivity contribution in [1.82, 2.24) is 4.90 Å². The Labute approximate surface area is 218 Å². The smallest absolute Gasteiger partial charge is 0.357 e. The highest BCUT2D eigenvalue weighted by molar-refractivity contribution is 5.88. The predicted octanol–water partition coefficient (Wildman–Crippen LogP) is 0.797. The summed E-state index contributed by atoms with van der Waals surface area (Å²) in [4.78, 5) is 50.1. The van der Waals surface area contributed by atoms with Crippen LogP contribution in [0.3, 0.4) is 0 Å². The number of aliphatic carboxylic acids is 1. The molecular formula is C26H31NO11. The van der Waals surface area contributed by atoms with Gasteiger partial charge >= 0.3 is 23.9 Å². The number of aliphatic hydroxyl groups is 1. The minimum Gasteiger partial charge on any atom is -0.504 e. The van der Waals surface area contributed by atoms with E-state index in [9.17, 15) is 34.5 Å². The maximum absolute atomic E-state index is 13.2. The molecule has 12 nitrogen and oxygen atoms in total. The van der Waals surface area contributed by atoms with Crippen LogP contribution >= 0.6 is 0 Å². The van der Waals surface area contributed by atoms with Crippen molar-refractivity contribution in [2.24, 2.45) is 0 Å². The van der Waals surface area contributed by atoms with E-state index in [0.29, 0.717) is 24.9 Å². The molecule has 1 aromatic rings. The van der Waals surface area contributed by atoms with Gasteiger partial charge in [0, 0.05) is 31.9 Å². The maximum Gasteiger partial charge on any atom is 0.357 e. The number of phenolic OH excluding ortho intramolecular Hbond substituents is 1. The summed E-state index contributed by atoms with van der Waals surface area (Å²) in [6.07, 6.45) is -2.72. The van der Waals surface area contributed by atoms with Crippen LogP contribution in [0.5, 0.6) is 11.5 Å². The Morgan fingerprint density at radius 3 is 2.42 bits per heavy atom. The Morgan fingerprint density at radius 1 is 1.13 bits per heavy atom. The van der Waals surface area contributed by atoms with Gasteiger partial charge in [0.25, 0.3) is 0 Å². The first-order valence-electron chi connectivity index (χ1n) is 11.8. The van der Waals surface area contributed by atoms with Crippen LogP contribution in [0, 0.1) is 0 Å². The zero-order valence-corrected chi connectivity index (χ0v) is 20.4. The zero-order valence-electron chi connectivity index (χ0n) is 20.4. The number of benzene rings is 1. The third kappa shape index (κ3) is 3.73. The van der Waals surface area contributed by atoms with Crippen molar-refractivity contribution in [2.45, 2.75) is 75.9 Å². The molecule has 0 aromatic heterocycles. The van der Waals surface area contributed by atoms with Crippen LogP contribution in [0.2, 0.25) is 0 Å². The lowest BCUT2D eigenvalue weighted by Crippen LogP contribution is -2.74. The van der Waals surface area contributed by atoms with Crippen LogP contribution < -0.4 is 4.74 Å². The van der Waals surface area contributed by atoms with E-state index in [1.54, 1.807) is 6.07 Å². The van der Waals surface area contributed by atoms with Gasteiger partial charge < -0.3 is 39.2 Å². The normalized spacial score (nSPS) is 29.8. The molecule has 2 aliphatic carbocycles. The lowest BCUT2D eigenvalue weighted by Gasteiger charge is -2.61. The summed E-state index contributed by atoms with van der Waals surface area (Å²) in [6, 6.07) is 3.05. The van der Waals surface area contributed by atoms with Gasteiger partial charge in [0.1, 0.15) is 5.76 Å². The highest BCUT2D eigenvalue weighted by Crippen LogP contribution is 2.65. The molecular weight excluding hydrogens is 502 g/mol. The van der Waals surface area contributed by atoms with Gasteiger partial charge in [0.2, 0.25) is 12.2 Å². The fraction of sp³-hybridized carbons (Fsp3) is 0.538. The molecule has 1 spiro atoms. The van der Waals surface area contributed by atoms with E-state index < -0.39 is 53.2 Å². The molecule has 6 atom stereocenters. The molecule has 0 saturated carbocycles. The molecule has 2 aliphatic heterocycles. The van der Waals surface area contributed by atoms with Crippen molar-refractivity contribution < 1.29 is 53.4 Å². The summed E-state index contributed by atoms with van der Waals surface area (Å²) in [7, 11) is 1.93. The van der Waals surface area contributed by atoms with Gasteiger partial charge in [-0.05, 0) is 44.1 Å². The lowest BCUT2D eigenvalue weighted by molar-refractivity contribution is -0.190. The van der Waals surface area contributed by atoms with E-state index in [0.717, 1.165) is 19.4 Å². The van der Waals surface area contributed by atoms with E-state index in [2.05, 4.69) is 4.90 Å². The van der Waals surface area contributed by atoms with E-state index in [4.69, 9.17) is 18.9 Å². The molecule has 38 heavy (non-hydrogen) atoms. The summed E-state index contributed by atoms with van der Waals surface area (Å²) >= 11 is 0. The average Bonchev–Trinajstić information content (AvgIpc) is 3.17. The van der Waals surface area contributed by atoms with Gasteiger partial charge in [-0.2, -0.15) is 0 Å². The average molecular weight is 534 g/mol. The number of nitrogens with zero attached hydrogens (tertiary/aromatic N) is 1. The molecule has 3 N–H and O–H groups in total. The highest BCUT2D eigenvalue weighted by Gasteiger charge is 2.72. The number of esters is 3. The van der Waals surface area contributed by atoms with Crippen molar-refractivity contribution in [3.8, 4) is 11.5 Å². The molecule has 0 unspecified atom stereocenters. The van der Waals surface area contributed by atoms with E-state index in [1.807, 2.05) is 7.05 Å². The number of likely N-dealkylation sites (tertiary alicyclic amines) is 1. The third-order valence-electron chi connectivity index (χ3n) is 7.91. The Hall–Kier alpha value is -3.64. The van der Waals surface area contributed by atoms with Gasteiger partial charge in [-0.3, -0.25) is 9.59 Å². The molecule has 0 amide bonds. The highest BCUT2D eigenvalue weighted by atomic mass is 16.6. The molecule has 1 aromatic carbocycles. The van der Waals surface area contributed by atoms with Crippen molar-refractivity contribution in [2.75, 3.05) is 13.6 Å². The first kappa shape index (κ1) is 27.4. The quantitative estimate of drug-likeness (QED) is 0.348. The number of rotatable bonds is 6. The Morgan fingerprint density at radius 2 is 1.79 bits per heavy atom. The number of carbonyl (C=O) groups excluding carboxylic acids is 3. The van der Waals surface area contributed by atoms with Gasteiger partial charge in [-0.25, -0.2) is 9.59 Å². The lowest BCUT2D eigenvalue weighted by atomic mass is 9.50. The molecule has 2 bridgehead atoms. The second kappa shape index (κ2) is 9.28. The van der Waals surface area contributed by atoms with Crippen LogP contribution in [-0.2, 0) is 45.2 Å². The molecule has 12 heteroatoms. The molecule has 1 saturated heterocycles. The van der Waals surface area contributed by atoms with Gasteiger partial charge in [-0.1, -0.05) is 13.5 Å². The second-order valence-electron chi connectivity index (χ2n) is 9.92. The Balaban J connectivity index is 0.00000336. The topological polar surface area (TPSA) is 169 Å². The number of likely N-dealkylation sites (N-methyl/N-ethyl adjacent to an activating group) is 1. The van der Waals surface area contributed by atoms with Crippen molar-refractivity contribution >= 4 is 23.9 Å². The predicted molar refractivity (Wildman–Crippen MR) is 128 cm³/mol. The number of ether oxygens (including phenoxy) is 4. The zero-order chi connectivity index (χ0) is 26.9. The largest absolute Gasteiger partial charge is 0.504 e. The second-order valence-corrected chi connectivity index (χ2v) is 9.92. The standard InChI is InChI=1S/C25H27NO11.CH4/c1-11(27)34-19(22(30)31)20(35-12(2)28)23(32)36-15-6-7-25(33)16-10-13-4-5-14(29)18-17(13)24(25,21(15)37-18)8-9-26(16)3;/h4-6,16,19-21,29,33H,7-10H2,1-3H3,(H,30,31);1H4/t16-,19+,20+,21+,24+,25-;/m1./s1. The van der Waals surface area contributed by atoms with Crippen LogP contribution in [0.15, 0.2) is 24.0 Å².